The minimum absolute atomic E-state index is 0.0509. The highest BCUT2D eigenvalue weighted by Gasteiger charge is 2.36. The Labute approximate surface area is 481 Å². The fraction of sp³-hybridized carbons (Fsp3) is 0.262. The molecule has 0 aliphatic rings. The van der Waals surface area contributed by atoms with Gasteiger partial charge in [0.2, 0.25) is 12.3 Å². The highest BCUT2D eigenvalue weighted by atomic mass is 16.7. The summed E-state index contributed by atoms with van der Waals surface area (Å²) < 4.78 is 28.3. The van der Waals surface area contributed by atoms with E-state index in [0.29, 0.717) is 47.1 Å². The number of nitrogens with zero attached hydrogens (tertiary/aromatic N) is 1. The number of amides is 4. The van der Waals surface area contributed by atoms with Crippen molar-refractivity contribution in [2.45, 2.75) is 90.2 Å². The molecule has 3 atom stereocenters. The van der Waals surface area contributed by atoms with Gasteiger partial charge < -0.3 is 44.2 Å². The Morgan fingerprint density at radius 2 is 1.14 bits per heavy atom. The van der Waals surface area contributed by atoms with Crippen molar-refractivity contribution in [3.63, 3.8) is 0 Å². The Kier molecular flexibility index (Phi) is 23.3. The van der Waals surface area contributed by atoms with Gasteiger partial charge in [-0.15, -0.1) is 0 Å². The summed E-state index contributed by atoms with van der Waals surface area (Å²) >= 11 is 0. The normalized spacial score (nSPS) is 11.9. The number of carbonyl (C=O) groups excluding carboxylic acids is 8. The van der Waals surface area contributed by atoms with Crippen LogP contribution < -0.4 is 20.7 Å². The number of hydrogen-bond acceptors (Lipinski definition) is 14. The molecule has 18 heteroatoms. The van der Waals surface area contributed by atoms with E-state index < -0.39 is 78.5 Å². The van der Waals surface area contributed by atoms with E-state index in [1.165, 1.54) is 30.3 Å². The predicted octanol–water partition coefficient (Wildman–Crippen LogP) is 9.57. The summed E-state index contributed by atoms with van der Waals surface area (Å²) in [5.41, 5.74) is 3.56. The number of carbonyl (C=O) groups is 8. The summed E-state index contributed by atoms with van der Waals surface area (Å²) in [6, 6.07) is 49.5. The number of hydroxylamine groups is 2. The minimum atomic E-state index is -1.53. The second kappa shape index (κ2) is 31.8. The van der Waals surface area contributed by atoms with Gasteiger partial charge in [0.25, 0.3) is 11.8 Å². The fourth-order valence-corrected chi connectivity index (χ4v) is 9.00. The quantitative estimate of drug-likeness (QED) is 0.00917. The van der Waals surface area contributed by atoms with Gasteiger partial charge in [0.1, 0.15) is 43.3 Å². The predicted molar refractivity (Wildman–Crippen MR) is 305 cm³/mol. The molecule has 18 nitrogen and oxygen atoms in total. The molecule has 0 aliphatic heterocycles. The molecule has 0 bridgehead atoms. The average Bonchev–Trinajstić information content (AvgIpc) is 4.11. The van der Waals surface area contributed by atoms with Crippen LogP contribution in [0, 0.1) is 5.92 Å². The van der Waals surface area contributed by atoms with E-state index in [1.54, 1.807) is 134 Å². The van der Waals surface area contributed by atoms with E-state index in [-0.39, 0.29) is 55.7 Å². The van der Waals surface area contributed by atoms with Gasteiger partial charge in [-0.05, 0) is 64.9 Å². The molecule has 0 aliphatic carbocycles. The molecule has 0 saturated carbocycles. The third-order valence-electron chi connectivity index (χ3n) is 13.3. The summed E-state index contributed by atoms with van der Waals surface area (Å²) in [6.45, 7) is 2.53. The van der Waals surface area contributed by atoms with E-state index in [4.69, 9.17) is 28.2 Å². The number of ether oxygens (including phenoxy) is 4. The van der Waals surface area contributed by atoms with Gasteiger partial charge in [-0.2, -0.15) is 5.06 Å². The van der Waals surface area contributed by atoms with Crippen LogP contribution in [0.4, 0.5) is 0 Å². The first-order chi connectivity index (χ1) is 40.4. The van der Waals surface area contributed by atoms with E-state index in [2.05, 4.69) is 16.0 Å². The first kappa shape index (κ1) is 60.8. The van der Waals surface area contributed by atoms with Crippen LogP contribution >= 0.6 is 0 Å². The van der Waals surface area contributed by atoms with Crippen LogP contribution in [0.3, 0.4) is 0 Å². The monoisotopic (exact) mass is 1130 g/mol. The SMILES string of the molecule is CCCCC[C@@H](C(=O)NCNC(=O)c1ccc(-c2ccc(C(=O)N[C@@H](CC(=O)OCc3ccccc3)C(=O)OCc3ccccc3)c(OCC(=O)OCc3ccccc3)c2)o1)[C@@H](CC)N(C=O)OC(=O)C(c1ccccc1)c1ccccc1. The number of benzene rings is 6. The van der Waals surface area contributed by atoms with Gasteiger partial charge in [0, 0.05) is 5.56 Å². The number of rotatable bonds is 31. The van der Waals surface area contributed by atoms with Gasteiger partial charge in [-0.3, -0.25) is 24.0 Å². The van der Waals surface area contributed by atoms with Crippen LogP contribution in [0.25, 0.3) is 11.3 Å². The maximum absolute atomic E-state index is 14.2. The molecule has 0 unspecified atom stereocenters. The molecular weight excluding hydrogens is 1060 g/mol. The molecule has 83 heavy (non-hydrogen) atoms. The van der Waals surface area contributed by atoms with Crippen molar-refractivity contribution in [3.8, 4) is 17.1 Å². The third kappa shape index (κ3) is 18.3. The van der Waals surface area contributed by atoms with Gasteiger partial charge in [0.05, 0.1) is 30.6 Å². The maximum atomic E-state index is 14.2. The van der Waals surface area contributed by atoms with Crippen molar-refractivity contribution in [1.82, 2.24) is 21.0 Å². The number of nitrogens with one attached hydrogen (secondary N) is 3. The Morgan fingerprint density at radius 3 is 1.70 bits per heavy atom. The van der Waals surface area contributed by atoms with Crippen LogP contribution in [0.5, 0.6) is 5.75 Å². The zero-order valence-corrected chi connectivity index (χ0v) is 46.1. The molecule has 3 N–H and O–H groups in total. The molecule has 0 saturated heterocycles. The average molecular weight is 1130 g/mol. The van der Waals surface area contributed by atoms with Crippen molar-refractivity contribution in [2.24, 2.45) is 5.92 Å². The summed E-state index contributed by atoms with van der Waals surface area (Å²) in [5, 5.41) is 8.89. The Hall–Kier alpha value is -9.84. The zero-order valence-electron chi connectivity index (χ0n) is 46.1. The first-order valence-corrected chi connectivity index (χ1v) is 27.3. The Balaban J connectivity index is 1.04. The lowest BCUT2D eigenvalue weighted by Gasteiger charge is -2.32. The van der Waals surface area contributed by atoms with Crippen molar-refractivity contribution in [3.05, 3.63) is 221 Å². The fourth-order valence-electron chi connectivity index (χ4n) is 9.00. The van der Waals surface area contributed by atoms with Gasteiger partial charge in [0.15, 0.2) is 12.4 Å². The summed E-state index contributed by atoms with van der Waals surface area (Å²) in [6.07, 6.45) is 2.72. The summed E-state index contributed by atoms with van der Waals surface area (Å²) in [5.74, 6) is -7.11. The Bertz CT molecular complexity index is 3190. The van der Waals surface area contributed by atoms with Crippen LogP contribution in [-0.2, 0) is 67.6 Å². The van der Waals surface area contributed by atoms with Gasteiger partial charge >= 0.3 is 23.9 Å². The van der Waals surface area contributed by atoms with Gasteiger partial charge in [-0.1, -0.05) is 191 Å². The molecule has 0 spiro atoms. The van der Waals surface area contributed by atoms with Gasteiger partial charge in [-0.25, -0.2) is 14.4 Å². The Morgan fingerprint density at radius 1 is 0.590 bits per heavy atom. The third-order valence-corrected chi connectivity index (χ3v) is 13.3. The molecule has 0 fully saturated rings. The minimum Gasteiger partial charge on any atom is -0.481 e. The van der Waals surface area contributed by atoms with Crippen molar-refractivity contribution in [1.29, 1.82) is 0 Å². The first-order valence-electron chi connectivity index (χ1n) is 27.3. The van der Waals surface area contributed by atoms with Crippen molar-refractivity contribution < 1.29 is 66.6 Å². The molecule has 6 aromatic carbocycles. The highest BCUT2D eigenvalue weighted by Crippen LogP contribution is 2.31. The molecule has 7 rings (SSSR count). The maximum Gasteiger partial charge on any atom is 0.344 e. The standard InChI is InChI=1S/C65H66N4O14/c1-3-5-11-32-51(54(4-2)69(44-70)83-65(77)60(48-28-18-9-19-29-48)49-30-20-10-21-31-49)61(73)66-43-67-63(75)56-36-35-55(82-56)50-33-34-52(57(37-50)78-42-59(72)80-40-46-24-14-7-15-25-46)62(74)68-53(64(76)81-41-47-26-16-8-17-27-47)38-58(71)79-39-45-22-12-6-13-23-45/h6-10,12-31,33-37,44,51,53-54,60H,3-5,11,32,38-43H2,1-2H3,(H,66,73)(H,67,75)(H,68,74)/t51-,53+,54-/m1/s1. The largest absolute Gasteiger partial charge is 0.481 e. The van der Waals surface area contributed by atoms with Crippen molar-refractivity contribution in [2.75, 3.05) is 13.3 Å². The number of hydrogen-bond donors (Lipinski definition) is 3. The van der Waals surface area contributed by atoms with Crippen LogP contribution in [0.1, 0.15) is 107 Å². The number of unbranched alkanes of at least 4 members (excludes halogenated alkanes) is 2. The van der Waals surface area contributed by atoms with Crippen LogP contribution in [-0.4, -0.2) is 78.4 Å². The number of furan rings is 1. The lowest BCUT2D eigenvalue weighted by molar-refractivity contribution is -0.205. The smallest absolute Gasteiger partial charge is 0.344 e. The molecule has 7 aromatic rings. The van der Waals surface area contributed by atoms with E-state index in [9.17, 15) is 38.4 Å². The van der Waals surface area contributed by atoms with Crippen molar-refractivity contribution >= 4 is 48.0 Å². The lowest BCUT2D eigenvalue weighted by atomic mass is 9.90. The molecule has 4 amide bonds. The van der Waals surface area contributed by atoms with E-state index in [0.717, 1.165) is 23.5 Å². The number of esters is 3. The zero-order chi connectivity index (χ0) is 58.8. The van der Waals surface area contributed by atoms with E-state index >= 15 is 0 Å². The molecule has 1 aromatic heterocycles. The van der Waals surface area contributed by atoms with E-state index in [1.807, 2.05) is 31.2 Å². The second-order valence-corrected chi connectivity index (χ2v) is 19.2. The van der Waals surface area contributed by atoms with Crippen LogP contribution in [0.15, 0.2) is 186 Å². The molecule has 430 valence electrons. The summed E-state index contributed by atoms with van der Waals surface area (Å²) in [4.78, 5) is 114. The molecule has 0 radical (unpaired) electrons. The molecular formula is C65H66N4O14. The summed E-state index contributed by atoms with van der Waals surface area (Å²) in [7, 11) is 0. The highest BCUT2D eigenvalue weighted by molar-refractivity contribution is 6.00. The lowest BCUT2D eigenvalue weighted by Crippen LogP contribution is -2.49. The topological polar surface area (TPSA) is 235 Å². The second-order valence-electron chi connectivity index (χ2n) is 19.2. The van der Waals surface area contributed by atoms with Crippen LogP contribution in [0.2, 0.25) is 0 Å². The molecule has 1 heterocycles.